The standard InChI is InChI=1S/C20H24O4/c21-18(15-8-3-1-4-9-15)23-17-11-7-10-16(17)19-22-14-20(24-19)12-5-2-6-13-20/h1,3-4,7-9,11,16-17,19H,2,5-6,10,12-14H2/t16-,17-,19-/m0/s1. The lowest BCUT2D eigenvalue weighted by atomic mass is 9.85. The summed E-state index contributed by atoms with van der Waals surface area (Å²) in [4.78, 5) is 12.3. The Hall–Kier alpha value is -1.65. The SMILES string of the molecule is O=C(O[C@H]1C=CC[C@@H]1[C@H]1OCC2(CCCCC2)O1)c1ccccc1. The highest BCUT2D eigenvalue weighted by molar-refractivity contribution is 5.89. The van der Waals surface area contributed by atoms with E-state index in [0.717, 1.165) is 19.3 Å². The van der Waals surface area contributed by atoms with Crippen LogP contribution in [0.15, 0.2) is 42.5 Å². The molecule has 1 saturated heterocycles. The monoisotopic (exact) mass is 328 g/mol. The van der Waals surface area contributed by atoms with E-state index in [2.05, 4.69) is 6.08 Å². The zero-order valence-electron chi connectivity index (χ0n) is 13.9. The Bertz CT molecular complexity index is 603. The molecule has 4 nitrogen and oxygen atoms in total. The van der Waals surface area contributed by atoms with Crippen LogP contribution in [0.3, 0.4) is 0 Å². The molecule has 1 heterocycles. The zero-order valence-corrected chi connectivity index (χ0v) is 13.9. The van der Waals surface area contributed by atoms with Crippen molar-refractivity contribution in [1.29, 1.82) is 0 Å². The van der Waals surface area contributed by atoms with Crippen molar-refractivity contribution in [2.75, 3.05) is 6.61 Å². The molecule has 1 aromatic rings. The van der Waals surface area contributed by atoms with Gasteiger partial charge in [0, 0.05) is 0 Å². The van der Waals surface area contributed by atoms with E-state index in [4.69, 9.17) is 14.2 Å². The first kappa shape index (κ1) is 15.9. The van der Waals surface area contributed by atoms with Gasteiger partial charge in [0.2, 0.25) is 0 Å². The summed E-state index contributed by atoms with van der Waals surface area (Å²) in [6.45, 7) is 0.674. The quantitative estimate of drug-likeness (QED) is 0.624. The van der Waals surface area contributed by atoms with Crippen molar-refractivity contribution in [2.45, 2.75) is 56.5 Å². The predicted octanol–water partition coefficient (Wildman–Crippen LogP) is 3.86. The molecular formula is C20H24O4. The van der Waals surface area contributed by atoms with Crippen molar-refractivity contribution >= 4 is 5.97 Å². The van der Waals surface area contributed by atoms with Crippen molar-refractivity contribution in [3.63, 3.8) is 0 Å². The number of ether oxygens (including phenoxy) is 3. The van der Waals surface area contributed by atoms with Crippen LogP contribution in [-0.2, 0) is 14.2 Å². The van der Waals surface area contributed by atoms with Gasteiger partial charge in [-0.3, -0.25) is 0 Å². The molecule has 0 unspecified atom stereocenters. The fourth-order valence-corrected chi connectivity index (χ4v) is 4.02. The summed E-state index contributed by atoms with van der Waals surface area (Å²) >= 11 is 0. The van der Waals surface area contributed by atoms with Gasteiger partial charge in [-0.1, -0.05) is 43.5 Å². The van der Waals surface area contributed by atoms with E-state index in [1.54, 1.807) is 12.1 Å². The zero-order chi connectivity index (χ0) is 16.4. The van der Waals surface area contributed by atoms with E-state index in [-0.39, 0.29) is 29.9 Å². The Morgan fingerprint density at radius 2 is 1.92 bits per heavy atom. The van der Waals surface area contributed by atoms with Gasteiger partial charge >= 0.3 is 5.97 Å². The Kier molecular flexibility index (Phi) is 4.42. The molecule has 3 aliphatic rings. The van der Waals surface area contributed by atoms with Crippen LogP contribution in [0.1, 0.15) is 48.9 Å². The second-order valence-electron chi connectivity index (χ2n) is 7.10. The van der Waals surface area contributed by atoms with E-state index in [1.165, 1.54) is 19.3 Å². The number of benzene rings is 1. The van der Waals surface area contributed by atoms with Gasteiger partial charge in [0.05, 0.1) is 23.7 Å². The smallest absolute Gasteiger partial charge is 0.338 e. The van der Waals surface area contributed by atoms with Crippen LogP contribution in [0.4, 0.5) is 0 Å². The van der Waals surface area contributed by atoms with Crippen LogP contribution in [-0.4, -0.2) is 30.6 Å². The lowest BCUT2D eigenvalue weighted by molar-refractivity contribution is -0.144. The van der Waals surface area contributed by atoms with Crippen LogP contribution < -0.4 is 0 Å². The van der Waals surface area contributed by atoms with Gasteiger partial charge in [-0.15, -0.1) is 0 Å². The fourth-order valence-electron chi connectivity index (χ4n) is 4.02. The first-order chi connectivity index (χ1) is 11.8. The van der Waals surface area contributed by atoms with Crippen LogP contribution in [0, 0.1) is 5.92 Å². The Morgan fingerprint density at radius 1 is 1.12 bits per heavy atom. The maximum Gasteiger partial charge on any atom is 0.338 e. The van der Waals surface area contributed by atoms with Crippen LogP contribution in [0.2, 0.25) is 0 Å². The number of carbonyl (C=O) groups excluding carboxylic acids is 1. The number of esters is 1. The maximum atomic E-state index is 12.3. The van der Waals surface area contributed by atoms with E-state index in [0.29, 0.717) is 12.2 Å². The van der Waals surface area contributed by atoms with Crippen LogP contribution in [0.25, 0.3) is 0 Å². The lowest BCUT2D eigenvalue weighted by Crippen LogP contribution is -2.37. The first-order valence-corrected chi connectivity index (χ1v) is 8.98. The number of hydrogen-bond donors (Lipinski definition) is 0. The van der Waals surface area contributed by atoms with E-state index >= 15 is 0 Å². The van der Waals surface area contributed by atoms with Gasteiger partial charge in [0.15, 0.2) is 6.29 Å². The van der Waals surface area contributed by atoms with Gasteiger partial charge in [-0.05, 0) is 37.5 Å². The lowest BCUT2D eigenvalue weighted by Gasteiger charge is -2.32. The Balaban J connectivity index is 1.40. The molecule has 1 aliphatic heterocycles. The first-order valence-electron chi connectivity index (χ1n) is 8.98. The van der Waals surface area contributed by atoms with Gasteiger partial charge in [0.1, 0.15) is 6.10 Å². The van der Waals surface area contributed by atoms with Crippen molar-refractivity contribution in [1.82, 2.24) is 0 Å². The molecule has 0 radical (unpaired) electrons. The minimum Gasteiger partial charge on any atom is -0.454 e. The van der Waals surface area contributed by atoms with Gasteiger partial charge in [-0.25, -0.2) is 4.79 Å². The third kappa shape index (κ3) is 3.13. The number of hydrogen-bond acceptors (Lipinski definition) is 4. The average molecular weight is 328 g/mol. The molecule has 24 heavy (non-hydrogen) atoms. The summed E-state index contributed by atoms with van der Waals surface area (Å²) in [7, 11) is 0. The molecule has 1 spiro atoms. The van der Waals surface area contributed by atoms with Gasteiger partial charge in [-0.2, -0.15) is 0 Å². The number of carbonyl (C=O) groups is 1. The highest BCUT2D eigenvalue weighted by Crippen LogP contribution is 2.41. The van der Waals surface area contributed by atoms with Crippen LogP contribution in [0.5, 0.6) is 0 Å². The van der Waals surface area contributed by atoms with Crippen molar-refractivity contribution < 1.29 is 19.0 Å². The van der Waals surface area contributed by atoms with Crippen LogP contribution >= 0.6 is 0 Å². The number of allylic oxidation sites excluding steroid dienone is 1. The van der Waals surface area contributed by atoms with Crippen molar-refractivity contribution in [3.8, 4) is 0 Å². The topological polar surface area (TPSA) is 44.8 Å². The van der Waals surface area contributed by atoms with Crippen molar-refractivity contribution in [2.24, 2.45) is 5.92 Å². The highest BCUT2D eigenvalue weighted by atomic mass is 16.7. The van der Waals surface area contributed by atoms with Gasteiger partial charge in [0.25, 0.3) is 0 Å². The summed E-state index contributed by atoms with van der Waals surface area (Å²) < 4.78 is 18.0. The summed E-state index contributed by atoms with van der Waals surface area (Å²) in [6, 6.07) is 9.12. The van der Waals surface area contributed by atoms with Crippen molar-refractivity contribution in [3.05, 3.63) is 48.0 Å². The summed E-state index contributed by atoms with van der Waals surface area (Å²) in [5.41, 5.74) is 0.480. The molecule has 1 saturated carbocycles. The minimum absolute atomic E-state index is 0.0546. The third-order valence-electron chi connectivity index (χ3n) is 5.40. The van der Waals surface area contributed by atoms with E-state index in [9.17, 15) is 4.79 Å². The fraction of sp³-hybridized carbons (Fsp3) is 0.550. The molecular weight excluding hydrogens is 304 g/mol. The molecule has 2 fully saturated rings. The molecule has 0 amide bonds. The Morgan fingerprint density at radius 3 is 2.71 bits per heavy atom. The average Bonchev–Trinajstić information content (AvgIpc) is 3.24. The molecule has 2 aliphatic carbocycles. The normalized spacial score (nSPS) is 31.4. The molecule has 3 atom stereocenters. The molecule has 0 bridgehead atoms. The number of rotatable bonds is 3. The van der Waals surface area contributed by atoms with Gasteiger partial charge < -0.3 is 14.2 Å². The highest BCUT2D eigenvalue weighted by Gasteiger charge is 2.47. The Labute approximate surface area is 142 Å². The second kappa shape index (κ2) is 6.69. The molecule has 1 aromatic carbocycles. The predicted molar refractivity (Wildman–Crippen MR) is 89.5 cm³/mol. The maximum absolute atomic E-state index is 12.3. The summed E-state index contributed by atoms with van der Waals surface area (Å²) in [6.07, 6.45) is 10.2. The molecule has 128 valence electrons. The molecule has 0 aromatic heterocycles. The van der Waals surface area contributed by atoms with E-state index in [1.807, 2.05) is 24.3 Å². The third-order valence-corrected chi connectivity index (χ3v) is 5.40. The summed E-state index contributed by atoms with van der Waals surface area (Å²) in [5, 5.41) is 0. The molecule has 0 N–H and O–H groups in total. The molecule has 4 heteroatoms. The largest absolute Gasteiger partial charge is 0.454 e. The second-order valence-corrected chi connectivity index (χ2v) is 7.10. The van der Waals surface area contributed by atoms with E-state index < -0.39 is 0 Å². The summed E-state index contributed by atoms with van der Waals surface area (Å²) in [5.74, 6) is -0.235. The molecule has 4 rings (SSSR count). The minimum atomic E-state index is -0.289.